The molecule has 0 saturated heterocycles. The average Bonchev–Trinajstić information content (AvgIpc) is 2.16. The largest absolute Gasteiger partial charge is 0.481 e. The van der Waals surface area contributed by atoms with Gasteiger partial charge in [-0.3, -0.25) is 4.79 Å². The fourth-order valence-electron chi connectivity index (χ4n) is 2.30. The molecule has 2 nitrogen and oxygen atoms in total. The van der Waals surface area contributed by atoms with Crippen LogP contribution in [0.2, 0.25) is 0 Å². The quantitative estimate of drug-likeness (QED) is 0.822. The lowest BCUT2D eigenvalue weighted by Crippen LogP contribution is -2.43. The van der Waals surface area contributed by atoms with Crippen molar-refractivity contribution in [1.82, 2.24) is 0 Å². The first-order valence-electron chi connectivity index (χ1n) is 5.44. The molecule has 1 aliphatic rings. The number of aliphatic carboxylic acids is 1. The molecule has 1 aromatic carbocycles. The van der Waals surface area contributed by atoms with Gasteiger partial charge in [0, 0.05) is 0 Å². The topological polar surface area (TPSA) is 37.3 Å². The van der Waals surface area contributed by atoms with Gasteiger partial charge in [0.1, 0.15) is 0 Å². The van der Waals surface area contributed by atoms with Gasteiger partial charge in [-0.25, -0.2) is 0 Å². The van der Waals surface area contributed by atoms with Crippen LogP contribution in [0.3, 0.4) is 0 Å². The van der Waals surface area contributed by atoms with Crippen LogP contribution in [0.5, 0.6) is 0 Å². The van der Waals surface area contributed by atoms with E-state index in [2.05, 4.69) is 0 Å². The third-order valence-corrected chi connectivity index (χ3v) is 3.74. The first-order valence-corrected chi connectivity index (χ1v) is 5.44. The Morgan fingerprint density at radius 3 is 2.33 bits per heavy atom. The molecule has 1 saturated carbocycles. The Balaban J connectivity index is 2.38. The van der Waals surface area contributed by atoms with Crippen LogP contribution in [0.4, 0.5) is 0 Å². The Hall–Kier alpha value is -1.31. The summed E-state index contributed by atoms with van der Waals surface area (Å²) in [6.07, 6.45) is 3.25. The molecule has 0 amide bonds. The van der Waals surface area contributed by atoms with Crippen molar-refractivity contribution >= 4 is 5.97 Å². The van der Waals surface area contributed by atoms with Gasteiger partial charge in [0.25, 0.3) is 0 Å². The van der Waals surface area contributed by atoms with Crippen molar-refractivity contribution in [3.8, 4) is 0 Å². The van der Waals surface area contributed by atoms with E-state index in [0.29, 0.717) is 5.92 Å². The van der Waals surface area contributed by atoms with Crippen LogP contribution in [-0.4, -0.2) is 11.1 Å². The van der Waals surface area contributed by atoms with E-state index in [9.17, 15) is 9.90 Å². The molecule has 0 radical (unpaired) electrons. The molecule has 0 aromatic heterocycles. The van der Waals surface area contributed by atoms with Gasteiger partial charge < -0.3 is 5.11 Å². The van der Waals surface area contributed by atoms with Gasteiger partial charge in [0.2, 0.25) is 0 Å². The second-order valence-electron chi connectivity index (χ2n) is 4.50. The summed E-state index contributed by atoms with van der Waals surface area (Å²) >= 11 is 0. The van der Waals surface area contributed by atoms with E-state index >= 15 is 0 Å². The highest BCUT2D eigenvalue weighted by Crippen LogP contribution is 2.44. The summed E-state index contributed by atoms with van der Waals surface area (Å²) in [6, 6.07) is 9.59. The molecule has 1 N–H and O–H groups in total. The number of benzene rings is 1. The lowest BCUT2D eigenvalue weighted by molar-refractivity contribution is -0.147. The third kappa shape index (κ3) is 1.54. The predicted molar refractivity (Wildman–Crippen MR) is 58.8 cm³/mol. The van der Waals surface area contributed by atoms with Crippen LogP contribution in [0.25, 0.3) is 0 Å². The van der Waals surface area contributed by atoms with E-state index in [1.54, 1.807) is 0 Å². The molecular weight excluding hydrogens is 188 g/mol. The zero-order valence-corrected chi connectivity index (χ0v) is 8.94. The number of hydrogen-bond donors (Lipinski definition) is 1. The minimum atomic E-state index is -0.696. The van der Waals surface area contributed by atoms with Gasteiger partial charge in [-0.2, -0.15) is 0 Å². The van der Waals surface area contributed by atoms with Crippen LogP contribution in [0, 0.1) is 5.92 Å². The summed E-state index contributed by atoms with van der Waals surface area (Å²) in [5, 5.41) is 9.42. The molecule has 0 aliphatic heterocycles. The predicted octanol–water partition coefficient (Wildman–Crippen LogP) is 2.83. The number of carboxylic acid groups (broad SMARTS) is 1. The lowest BCUT2D eigenvalue weighted by Gasteiger charge is -2.40. The zero-order chi connectivity index (χ0) is 10.9. The van der Waals surface area contributed by atoms with E-state index in [0.717, 1.165) is 18.4 Å². The fraction of sp³-hybridized carbons (Fsp3) is 0.462. The second-order valence-corrected chi connectivity index (χ2v) is 4.50. The van der Waals surface area contributed by atoms with Crippen LogP contribution >= 0.6 is 0 Å². The van der Waals surface area contributed by atoms with Gasteiger partial charge in [0.15, 0.2) is 0 Å². The maximum absolute atomic E-state index is 11.5. The number of hydrogen-bond acceptors (Lipinski definition) is 1. The van der Waals surface area contributed by atoms with E-state index in [1.807, 2.05) is 37.3 Å². The van der Waals surface area contributed by atoms with Crippen molar-refractivity contribution in [1.29, 1.82) is 0 Å². The molecule has 0 spiro atoms. The molecular formula is C13H16O2. The van der Waals surface area contributed by atoms with Gasteiger partial charge in [-0.1, -0.05) is 36.8 Å². The van der Waals surface area contributed by atoms with Crippen molar-refractivity contribution < 1.29 is 9.90 Å². The van der Waals surface area contributed by atoms with Crippen LogP contribution in [0.1, 0.15) is 31.7 Å². The van der Waals surface area contributed by atoms with E-state index < -0.39 is 11.4 Å². The van der Waals surface area contributed by atoms with Gasteiger partial charge >= 0.3 is 5.97 Å². The highest BCUT2D eigenvalue weighted by atomic mass is 16.4. The molecule has 2 rings (SSSR count). The minimum absolute atomic E-state index is 0.303. The summed E-state index contributed by atoms with van der Waals surface area (Å²) in [4.78, 5) is 11.5. The summed E-state index contributed by atoms with van der Waals surface area (Å²) in [7, 11) is 0. The van der Waals surface area contributed by atoms with Crippen molar-refractivity contribution in [2.75, 3.05) is 0 Å². The summed E-state index contributed by atoms with van der Waals surface area (Å²) in [5.41, 5.74) is 0.238. The molecule has 1 unspecified atom stereocenters. The molecule has 15 heavy (non-hydrogen) atoms. The Labute approximate surface area is 89.9 Å². The van der Waals surface area contributed by atoms with Crippen LogP contribution in [0.15, 0.2) is 30.3 Å². The van der Waals surface area contributed by atoms with Crippen molar-refractivity contribution in [2.24, 2.45) is 5.92 Å². The molecule has 1 aromatic rings. The molecule has 1 fully saturated rings. The fourth-order valence-corrected chi connectivity index (χ4v) is 2.30. The third-order valence-electron chi connectivity index (χ3n) is 3.74. The summed E-state index contributed by atoms with van der Waals surface area (Å²) in [5.74, 6) is -0.393. The van der Waals surface area contributed by atoms with E-state index in [4.69, 9.17) is 0 Å². The van der Waals surface area contributed by atoms with E-state index in [-0.39, 0.29) is 0 Å². The van der Waals surface area contributed by atoms with Gasteiger partial charge in [-0.15, -0.1) is 0 Å². The van der Waals surface area contributed by atoms with E-state index in [1.165, 1.54) is 6.42 Å². The first-order chi connectivity index (χ1) is 7.15. The Morgan fingerprint density at radius 2 is 1.93 bits per heavy atom. The highest BCUT2D eigenvalue weighted by Gasteiger charge is 2.45. The molecule has 0 bridgehead atoms. The molecule has 2 heteroatoms. The van der Waals surface area contributed by atoms with Gasteiger partial charge in [-0.05, 0) is 31.2 Å². The second kappa shape index (κ2) is 3.69. The highest BCUT2D eigenvalue weighted by molar-refractivity contribution is 5.81. The van der Waals surface area contributed by atoms with Crippen LogP contribution in [-0.2, 0) is 10.2 Å². The summed E-state index contributed by atoms with van der Waals surface area (Å²) in [6.45, 7) is 1.86. The molecule has 1 atom stereocenters. The Bertz CT molecular complexity index is 354. The number of carboxylic acids is 1. The monoisotopic (exact) mass is 204 g/mol. The number of rotatable bonds is 3. The zero-order valence-electron chi connectivity index (χ0n) is 8.94. The van der Waals surface area contributed by atoms with Crippen molar-refractivity contribution in [3.63, 3.8) is 0 Å². The standard InChI is InChI=1S/C13H16O2/c1-13(12(14)15,11-8-5-9-11)10-6-3-2-4-7-10/h2-4,6-7,11H,5,8-9H2,1H3,(H,14,15). The molecule has 1 aliphatic carbocycles. The number of carbonyl (C=O) groups is 1. The Morgan fingerprint density at radius 1 is 1.33 bits per heavy atom. The Kier molecular flexibility index (Phi) is 2.51. The maximum Gasteiger partial charge on any atom is 0.314 e. The molecule has 80 valence electrons. The smallest absolute Gasteiger partial charge is 0.314 e. The normalized spacial score (nSPS) is 20.3. The van der Waals surface area contributed by atoms with Gasteiger partial charge in [0.05, 0.1) is 5.41 Å². The van der Waals surface area contributed by atoms with Crippen molar-refractivity contribution in [2.45, 2.75) is 31.6 Å². The lowest BCUT2D eigenvalue weighted by atomic mass is 9.63. The molecule has 0 heterocycles. The SMILES string of the molecule is CC(C(=O)O)(c1ccccc1)C1CCC1. The summed E-state index contributed by atoms with van der Waals surface area (Å²) < 4.78 is 0. The first kappa shape index (κ1) is 10.2. The van der Waals surface area contributed by atoms with Crippen LogP contribution < -0.4 is 0 Å². The average molecular weight is 204 g/mol. The minimum Gasteiger partial charge on any atom is -0.481 e. The van der Waals surface area contributed by atoms with Crippen molar-refractivity contribution in [3.05, 3.63) is 35.9 Å². The maximum atomic E-state index is 11.5.